The van der Waals surface area contributed by atoms with Crippen LogP contribution in [0.2, 0.25) is 0 Å². The van der Waals surface area contributed by atoms with Crippen molar-refractivity contribution in [2.75, 3.05) is 11.9 Å². The van der Waals surface area contributed by atoms with Crippen molar-refractivity contribution in [1.82, 2.24) is 0 Å². The van der Waals surface area contributed by atoms with Gasteiger partial charge in [0.15, 0.2) is 0 Å². The zero-order valence-corrected chi connectivity index (χ0v) is 17.8. The highest BCUT2D eigenvalue weighted by molar-refractivity contribution is 5.71. The van der Waals surface area contributed by atoms with E-state index in [1.807, 2.05) is 0 Å². The molecule has 0 amide bonds. The Bertz CT molecular complexity index is 850. The van der Waals surface area contributed by atoms with E-state index in [2.05, 4.69) is 106 Å². The molecule has 1 heteroatoms. The van der Waals surface area contributed by atoms with E-state index in [-0.39, 0.29) is 5.41 Å². The summed E-state index contributed by atoms with van der Waals surface area (Å²) in [5.74, 6) is 0. The van der Waals surface area contributed by atoms with Crippen LogP contribution in [0.25, 0.3) is 22.3 Å². The SMILES string of the molecule is CCCCCNc1ccc(-c2ccc(-c3ccc(C(C)(C)C)cc3)cc2)cc1. The molecule has 0 fully saturated rings. The molecule has 0 saturated heterocycles. The molecule has 28 heavy (non-hydrogen) atoms. The van der Waals surface area contributed by atoms with Crippen LogP contribution in [0, 0.1) is 0 Å². The fourth-order valence-electron chi connectivity index (χ4n) is 3.41. The van der Waals surface area contributed by atoms with Gasteiger partial charge in [-0.05, 0) is 51.8 Å². The van der Waals surface area contributed by atoms with Gasteiger partial charge in [0, 0.05) is 12.2 Å². The lowest BCUT2D eigenvalue weighted by Gasteiger charge is -2.19. The van der Waals surface area contributed by atoms with E-state index in [1.54, 1.807) is 0 Å². The molecule has 0 unspecified atom stereocenters. The number of anilines is 1. The average Bonchev–Trinajstić information content (AvgIpc) is 2.71. The smallest absolute Gasteiger partial charge is 0.0340 e. The topological polar surface area (TPSA) is 12.0 Å². The summed E-state index contributed by atoms with van der Waals surface area (Å²) in [6.45, 7) is 10.0. The van der Waals surface area contributed by atoms with Crippen LogP contribution in [0.15, 0.2) is 72.8 Å². The fourth-order valence-corrected chi connectivity index (χ4v) is 3.41. The Hall–Kier alpha value is -2.54. The van der Waals surface area contributed by atoms with Gasteiger partial charge in [-0.2, -0.15) is 0 Å². The van der Waals surface area contributed by atoms with Gasteiger partial charge in [0.05, 0.1) is 0 Å². The molecule has 0 aromatic heterocycles. The van der Waals surface area contributed by atoms with E-state index in [0.29, 0.717) is 0 Å². The van der Waals surface area contributed by atoms with Crippen molar-refractivity contribution in [1.29, 1.82) is 0 Å². The highest BCUT2D eigenvalue weighted by atomic mass is 14.9. The second-order valence-corrected chi connectivity index (χ2v) is 8.62. The van der Waals surface area contributed by atoms with Gasteiger partial charge in [-0.3, -0.25) is 0 Å². The minimum absolute atomic E-state index is 0.194. The van der Waals surface area contributed by atoms with Gasteiger partial charge in [-0.25, -0.2) is 0 Å². The largest absolute Gasteiger partial charge is 0.385 e. The third kappa shape index (κ3) is 5.25. The van der Waals surface area contributed by atoms with Crippen molar-refractivity contribution in [3.8, 4) is 22.3 Å². The van der Waals surface area contributed by atoms with Gasteiger partial charge < -0.3 is 5.32 Å². The molecular formula is C27H33N. The zero-order chi connectivity index (χ0) is 20.0. The van der Waals surface area contributed by atoms with Crippen molar-refractivity contribution < 1.29 is 0 Å². The summed E-state index contributed by atoms with van der Waals surface area (Å²) < 4.78 is 0. The zero-order valence-electron chi connectivity index (χ0n) is 17.8. The second-order valence-electron chi connectivity index (χ2n) is 8.62. The van der Waals surface area contributed by atoms with E-state index in [9.17, 15) is 0 Å². The number of unbranched alkanes of at least 4 members (excludes halogenated alkanes) is 2. The lowest BCUT2D eigenvalue weighted by Crippen LogP contribution is -2.10. The van der Waals surface area contributed by atoms with Gasteiger partial charge in [0.2, 0.25) is 0 Å². The monoisotopic (exact) mass is 371 g/mol. The summed E-state index contributed by atoms with van der Waals surface area (Å²) in [7, 11) is 0. The molecule has 0 bridgehead atoms. The second kappa shape index (κ2) is 9.10. The highest BCUT2D eigenvalue weighted by Crippen LogP contribution is 2.28. The van der Waals surface area contributed by atoms with Crippen molar-refractivity contribution in [3.05, 3.63) is 78.4 Å². The third-order valence-electron chi connectivity index (χ3n) is 5.30. The first-order valence-corrected chi connectivity index (χ1v) is 10.5. The lowest BCUT2D eigenvalue weighted by atomic mass is 9.86. The van der Waals surface area contributed by atoms with Crippen LogP contribution >= 0.6 is 0 Å². The van der Waals surface area contributed by atoms with Crippen LogP contribution in [-0.2, 0) is 5.41 Å². The quantitative estimate of drug-likeness (QED) is 0.416. The predicted molar refractivity (Wildman–Crippen MR) is 124 cm³/mol. The maximum atomic E-state index is 3.50. The number of benzene rings is 3. The summed E-state index contributed by atoms with van der Waals surface area (Å²) in [6, 6.07) is 26.6. The Morgan fingerprint density at radius 3 is 1.46 bits per heavy atom. The average molecular weight is 372 g/mol. The molecule has 1 nitrogen and oxygen atoms in total. The van der Waals surface area contributed by atoms with Crippen LogP contribution < -0.4 is 5.32 Å². The summed E-state index contributed by atoms with van der Waals surface area (Å²) >= 11 is 0. The van der Waals surface area contributed by atoms with E-state index < -0.39 is 0 Å². The molecule has 1 N–H and O–H groups in total. The van der Waals surface area contributed by atoms with Gasteiger partial charge in [0.25, 0.3) is 0 Å². The van der Waals surface area contributed by atoms with Gasteiger partial charge in [0.1, 0.15) is 0 Å². The molecule has 0 heterocycles. The summed E-state index contributed by atoms with van der Waals surface area (Å²) in [6.07, 6.45) is 3.78. The molecule has 0 aliphatic carbocycles. The minimum atomic E-state index is 0.194. The number of hydrogen-bond donors (Lipinski definition) is 1. The maximum absolute atomic E-state index is 3.50. The Kier molecular flexibility index (Phi) is 6.57. The first kappa shape index (κ1) is 20.2. The van der Waals surface area contributed by atoms with Crippen molar-refractivity contribution >= 4 is 5.69 Å². The Balaban J connectivity index is 1.67. The summed E-state index contributed by atoms with van der Waals surface area (Å²) in [4.78, 5) is 0. The van der Waals surface area contributed by atoms with Gasteiger partial charge in [-0.1, -0.05) is 101 Å². The molecule has 0 aliphatic rings. The van der Waals surface area contributed by atoms with Crippen molar-refractivity contribution in [2.24, 2.45) is 0 Å². The molecular weight excluding hydrogens is 338 g/mol. The minimum Gasteiger partial charge on any atom is -0.385 e. The maximum Gasteiger partial charge on any atom is 0.0340 e. The van der Waals surface area contributed by atoms with Crippen LogP contribution in [0.1, 0.15) is 52.5 Å². The van der Waals surface area contributed by atoms with E-state index >= 15 is 0 Å². The molecule has 3 aromatic carbocycles. The Morgan fingerprint density at radius 1 is 0.607 bits per heavy atom. The van der Waals surface area contributed by atoms with Crippen LogP contribution in [0.5, 0.6) is 0 Å². The summed E-state index contributed by atoms with van der Waals surface area (Å²) in [5, 5.41) is 3.50. The van der Waals surface area contributed by atoms with Crippen molar-refractivity contribution in [3.63, 3.8) is 0 Å². The summed E-state index contributed by atoms with van der Waals surface area (Å²) in [5.41, 5.74) is 7.82. The standard InChI is InChI=1S/C27H33N/c1-5-6-7-20-28-26-18-14-24(15-19-26)22-10-8-21(9-11-22)23-12-16-25(17-13-23)27(2,3)4/h8-19,28H,5-7,20H2,1-4H3. The molecule has 146 valence electrons. The molecule has 3 aromatic rings. The first-order valence-electron chi connectivity index (χ1n) is 10.5. The van der Waals surface area contributed by atoms with E-state index in [1.165, 1.54) is 52.8 Å². The van der Waals surface area contributed by atoms with Gasteiger partial charge >= 0.3 is 0 Å². The van der Waals surface area contributed by atoms with E-state index in [4.69, 9.17) is 0 Å². The molecule has 0 spiro atoms. The number of hydrogen-bond acceptors (Lipinski definition) is 1. The molecule has 0 atom stereocenters. The van der Waals surface area contributed by atoms with Gasteiger partial charge in [-0.15, -0.1) is 0 Å². The number of nitrogens with one attached hydrogen (secondary N) is 1. The number of rotatable bonds is 7. The fraction of sp³-hybridized carbons (Fsp3) is 0.333. The van der Waals surface area contributed by atoms with Crippen LogP contribution in [0.4, 0.5) is 5.69 Å². The highest BCUT2D eigenvalue weighted by Gasteiger charge is 2.13. The third-order valence-corrected chi connectivity index (χ3v) is 5.30. The lowest BCUT2D eigenvalue weighted by molar-refractivity contribution is 0.590. The normalized spacial score (nSPS) is 11.4. The molecule has 0 saturated carbocycles. The molecule has 0 aliphatic heterocycles. The molecule has 3 rings (SSSR count). The van der Waals surface area contributed by atoms with Crippen LogP contribution in [0.3, 0.4) is 0 Å². The first-order chi connectivity index (χ1) is 13.5. The molecule has 0 radical (unpaired) electrons. The van der Waals surface area contributed by atoms with Crippen LogP contribution in [-0.4, -0.2) is 6.54 Å². The Labute approximate surface area is 170 Å². The van der Waals surface area contributed by atoms with E-state index in [0.717, 1.165) is 6.54 Å². The predicted octanol–water partition coefficient (Wildman–Crippen LogP) is 7.92. The van der Waals surface area contributed by atoms with Crippen molar-refractivity contribution in [2.45, 2.75) is 52.4 Å². The Morgan fingerprint density at radius 2 is 1.04 bits per heavy atom.